The average molecular weight is 596 g/mol. The Morgan fingerprint density at radius 1 is 1.29 bits per heavy atom. The fraction of sp³-hybridized carbons (Fsp3) is 0.516. The van der Waals surface area contributed by atoms with Crippen molar-refractivity contribution in [1.29, 1.82) is 0 Å². The number of nitrogens with zero attached hydrogens (tertiary/aromatic N) is 3. The van der Waals surface area contributed by atoms with Crippen LogP contribution in [0.5, 0.6) is 5.75 Å². The number of aliphatic hydroxyl groups is 1. The summed E-state index contributed by atoms with van der Waals surface area (Å²) in [7, 11) is -1.54. The zero-order chi connectivity index (χ0) is 29.9. The molecule has 0 saturated carbocycles. The van der Waals surface area contributed by atoms with E-state index in [2.05, 4.69) is 20.9 Å². The predicted octanol–water partition coefficient (Wildman–Crippen LogP) is 4.81. The number of ether oxygens (including phenoxy) is 2. The molecule has 1 amide bonds. The lowest BCUT2D eigenvalue weighted by atomic mass is 9.86. The lowest BCUT2D eigenvalue weighted by Crippen LogP contribution is -2.46. The van der Waals surface area contributed by atoms with E-state index in [-0.39, 0.29) is 42.0 Å². The Hall–Kier alpha value is -3.12. The Morgan fingerprint density at radius 3 is 2.74 bits per heavy atom. The van der Waals surface area contributed by atoms with Crippen molar-refractivity contribution in [3.8, 4) is 5.75 Å². The molecule has 3 N–H and O–H groups in total. The third kappa shape index (κ3) is 6.59. The van der Waals surface area contributed by atoms with Crippen molar-refractivity contribution in [2.24, 2.45) is 5.92 Å². The normalized spacial score (nSPS) is 23.6. The summed E-state index contributed by atoms with van der Waals surface area (Å²) >= 11 is 0. The van der Waals surface area contributed by atoms with Gasteiger partial charge in [0.05, 0.1) is 30.4 Å². The van der Waals surface area contributed by atoms with Crippen LogP contribution in [-0.4, -0.2) is 66.8 Å². The second kappa shape index (κ2) is 13.0. The summed E-state index contributed by atoms with van der Waals surface area (Å²) in [6.07, 6.45) is 3.48. The van der Waals surface area contributed by atoms with Crippen LogP contribution in [-0.2, 0) is 16.1 Å². The van der Waals surface area contributed by atoms with Gasteiger partial charge >= 0.3 is 0 Å². The SMILES string of the molecule is CO[C@@H]1c2cc(NC(=O)[C@H]3CCCN3)ccc2O[C@H](C(CCn2cc(C(CO)c3ccccc3)nn2)[Si](C)(C)F)[C@H]1C. The summed E-state index contributed by atoms with van der Waals surface area (Å²) < 4.78 is 30.2. The highest BCUT2D eigenvalue weighted by Crippen LogP contribution is 2.48. The molecule has 5 rings (SSSR count). The Labute approximate surface area is 248 Å². The minimum absolute atomic E-state index is 0.0420. The first-order valence-electron chi connectivity index (χ1n) is 14.8. The van der Waals surface area contributed by atoms with Crippen molar-refractivity contribution in [2.75, 3.05) is 25.6 Å². The van der Waals surface area contributed by atoms with E-state index < -0.39 is 14.5 Å². The first-order valence-corrected chi connectivity index (χ1v) is 17.8. The molecular formula is C31H42FN5O4Si. The number of fused-ring (bicyclic) bond motifs is 1. The summed E-state index contributed by atoms with van der Waals surface area (Å²) in [4.78, 5) is 12.7. The van der Waals surface area contributed by atoms with Gasteiger partial charge in [0.25, 0.3) is 0 Å². The molecule has 1 fully saturated rings. The number of aliphatic hydroxyl groups excluding tert-OH is 1. The summed E-state index contributed by atoms with van der Waals surface area (Å²) in [6, 6.07) is 15.1. The molecule has 6 atom stereocenters. The van der Waals surface area contributed by atoms with Crippen molar-refractivity contribution >= 4 is 20.0 Å². The molecule has 2 aromatic carbocycles. The van der Waals surface area contributed by atoms with E-state index in [0.29, 0.717) is 30.1 Å². The number of aryl methyl sites for hydroxylation is 1. The molecule has 1 aromatic heterocycles. The molecule has 0 spiro atoms. The van der Waals surface area contributed by atoms with Crippen LogP contribution >= 0.6 is 0 Å². The Morgan fingerprint density at radius 2 is 2.07 bits per heavy atom. The van der Waals surface area contributed by atoms with E-state index in [1.54, 1.807) is 24.9 Å². The van der Waals surface area contributed by atoms with Crippen LogP contribution < -0.4 is 15.4 Å². The molecule has 0 bridgehead atoms. The number of nitrogens with one attached hydrogen (secondary N) is 2. The molecule has 3 heterocycles. The minimum Gasteiger partial charge on any atom is -0.490 e. The first kappa shape index (κ1) is 30.3. The van der Waals surface area contributed by atoms with Gasteiger partial charge in [0.2, 0.25) is 14.3 Å². The van der Waals surface area contributed by atoms with E-state index in [4.69, 9.17) is 9.47 Å². The van der Waals surface area contributed by atoms with E-state index in [0.717, 1.165) is 30.5 Å². The van der Waals surface area contributed by atoms with Gasteiger partial charge in [0.1, 0.15) is 11.9 Å². The van der Waals surface area contributed by atoms with Gasteiger partial charge in [-0.15, -0.1) is 5.10 Å². The Bertz CT molecular complexity index is 1340. The number of carbonyl (C=O) groups excluding carboxylic acids is 1. The largest absolute Gasteiger partial charge is 0.490 e. The van der Waals surface area contributed by atoms with E-state index in [1.807, 2.05) is 61.7 Å². The summed E-state index contributed by atoms with van der Waals surface area (Å²) in [5.74, 6) is 0.217. The van der Waals surface area contributed by atoms with Crippen LogP contribution in [0.25, 0.3) is 0 Å². The zero-order valence-electron chi connectivity index (χ0n) is 24.8. The monoisotopic (exact) mass is 595 g/mol. The quantitative estimate of drug-likeness (QED) is 0.216. The van der Waals surface area contributed by atoms with Gasteiger partial charge in [-0.05, 0) is 62.7 Å². The number of aromatic nitrogens is 3. The number of anilines is 1. The summed E-state index contributed by atoms with van der Waals surface area (Å²) in [5, 5.41) is 24.9. The van der Waals surface area contributed by atoms with Crippen molar-refractivity contribution in [2.45, 2.75) is 75.5 Å². The molecular weight excluding hydrogens is 553 g/mol. The van der Waals surface area contributed by atoms with Crippen LogP contribution in [0.2, 0.25) is 18.6 Å². The standard InChI is InChI=1S/C31H42FN5O4Si/c1-20-29(40-2)23-17-22(34-31(39)25-11-8-15-33-25)12-13-27(23)41-30(20)28(42(3,4)32)14-16-37-18-26(35-36-37)24(19-38)21-9-6-5-7-10-21/h5-7,9-10,12-13,17-18,20,24-25,28-30,33,38H,8,11,14-16,19H2,1-4H3,(H,34,39)/t20-,24?,25+,28?,29-,30-/m0/s1. The van der Waals surface area contributed by atoms with Gasteiger partial charge in [-0.1, -0.05) is 42.5 Å². The lowest BCUT2D eigenvalue weighted by Gasteiger charge is -2.43. The highest BCUT2D eigenvalue weighted by molar-refractivity contribution is 6.72. The van der Waals surface area contributed by atoms with Gasteiger partial charge in [-0.2, -0.15) is 0 Å². The average Bonchev–Trinajstić information content (AvgIpc) is 3.67. The molecule has 11 heteroatoms. The third-order valence-electron chi connectivity index (χ3n) is 8.72. The number of hydrogen-bond acceptors (Lipinski definition) is 7. The summed E-state index contributed by atoms with van der Waals surface area (Å²) in [5.41, 5.74) is 2.86. The van der Waals surface area contributed by atoms with E-state index in [9.17, 15) is 9.90 Å². The fourth-order valence-electron chi connectivity index (χ4n) is 6.40. The third-order valence-corrected chi connectivity index (χ3v) is 11.1. The van der Waals surface area contributed by atoms with Gasteiger partial charge < -0.3 is 29.3 Å². The number of amides is 1. The number of halogens is 1. The molecule has 3 aromatic rings. The maximum absolute atomic E-state index is 16.0. The maximum atomic E-state index is 16.0. The van der Waals surface area contributed by atoms with Crippen molar-refractivity contribution in [3.05, 3.63) is 71.5 Å². The summed E-state index contributed by atoms with van der Waals surface area (Å²) in [6.45, 7) is 6.74. The van der Waals surface area contributed by atoms with Gasteiger partial charge in [-0.3, -0.25) is 9.48 Å². The number of carbonyl (C=O) groups is 1. The topological polar surface area (TPSA) is 111 Å². The second-order valence-electron chi connectivity index (χ2n) is 12.0. The maximum Gasteiger partial charge on any atom is 0.247 e. The molecule has 0 aliphatic carbocycles. The molecule has 2 aliphatic rings. The number of benzene rings is 2. The molecule has 2 unspecified atom stereocenters. The Kier molecular flexibility index (Phi) is 9.41. The number of hydrogen-bond donors (Lipinski definition) is 3. The smallest absolute Gasteiger partial charge is 0.247 e. The van der Waals surface area contributed by atoms with E-state index >= 15 is 4.11 Å². The van der Waals surface area contributed by atoms with Crippen LogP contribution in [0.15, 0.2) is 54.7 Å². The van der Waals surface area contributed by atoms with E-state index in [1.165, 1.54) is 0 Å². The molecule has 1 saturated heterocycles. The second-order valence-corrected chi connectivity index (χ2v) is 15.9. The van der Waals surface area contributed by atoms with Crippen LogP contribution in [0, 0.1) is 5.92 Å². The van der Waals surface area contributed by atoms with Crippen LogP contribution in [0.4, 0.5) is 9.80 Å². The Balaban J connectivity index is 1.32. The molecule has 226 valence electrons. The molecule has 9 nitrogen and oxygen atoms in total. The number of methoxy groups -OCH3 is 1. The highest BCUT2D eigenvalue weighted by Gasteiger charge is 2.47. The van der Waals surface area contributed by atoms with Crippen molar-refractivity contribution in [3.63, 3.8) is 0 Å². The van der Waals surface area contributed by atoms with Gasteiger partial charge in [0.15, 0.2) is 0 Å². The fourth-order valence-corrected chi connectivity index (χ4v) is 8.37. The van der Waals surface area contributed by atoms with Crippen LogP contribution in [0.3, 0.4) is 0 Å². The molecule has 2 aliphatic heterocycles. The highest BCUT2D eigenvalue weighted by atomic mass is 28.4. The molecule has 0 radical (unpaired) electrons. The minimum atomic E-state index is -3.20. The lowest BCUT2D eigenvalue weighted by molar-refractivity contribution is -0.117. The van der Waals surface area contributed by atoms with Gasteiger partial charge in [0, 0.05) is 42.6 Å². The van der Waals surface area contributed by atoms with Crippen molar-refractivity contribution < 1.29 is 23.5 Å². The zero-order valence-corrected chi connectivity index (χ0v) is 25.8. The predicted molar refractivity (Wildman–Crippen MR) is 162 cm³/mol. The first-order chi connectivity index (χ1) is 20.2. The van der Waals surface area contributed by atoms with Crippen molar-refractivity contribution in [1.82, 2.24) is 20.3 Å². The number of rotatable bonds is 11. The van der Waals surface area contributed by atoms with Crippen LogP contribution in [0.1, 0.15) is 55.0 Å². The molecule has 42 heavy (non-hydrogen) atoms. The van der Waals surface area contributed by atoms with Gasteiger partial charge in [-0.25, -0.2) is 0 Å².